The lowest BCUT2D eigenvalue weighted by atomic mass is 9.89. The molecule has 0 radical (unpaired) electrons. The van der Waals surface area contributed by atoms with Crippen molar-refractivity contribution in [3.8, 4) is 0 Å². The van der Waals surface area contributed by atoms with Crippen molar-refractivity contribution in [1.29, 1.82) is 0 Å². The highest BCUT2D eigenvalue weighted by Crippen LogP contribution is 2.25. The van der Waals surface area contributed by atoms with Crippen LogP contribution in [0.2, 0.25) is 0 Å². The Labute approximate surface area is 128 Å². The molecule has 1 saturated heterocycles. The summed E-state index contributed by atoms with van der Waals surface area (Å²) < 4.78 is 0. The van der Waals surface area contributed by atoms with Crippen LogP contribution in [0.25, 0.3) is 0 Å². The van der Waals surface area contributed by atoms with Gasteiger partial charge < -0.3 is 14.9 Å². The number of carbonyl (C=O) groups excluding carboxylic acids is 1. The molecule has 1 N–H and O–H groups in total. The molecule has 21 heavy (non-hydrogen) atoms. The fraction of sp³-hybridized carbons (Fsp3) is 0.875. The first-order valence-corrected chi connectivity index (χ1v) is 8.07. The van der Waals surface area contributed by atoms with E-state index in [4.69, 9.17) is 5.11 Å². The van der Waals surface area contributed by atoms with Gasteiger partial charge in [0.15, 0.2) is 0 Å². The van der Waals surface area contributed by atoms with Crippen LogP contribution in [0, 0.1) is 17.8 Å². The fourth-order valence-electron chi connectivity index (χ4n) is 2.99. The van der Waals surface area contributed by atoms with Crippen LogP contribution in [-0.2, 0) is 4.79 Å². The van der Waals surface area contributed by atoms with Crippen molar-refractivity contribution < 1.29 is 14.7 Å². The number of aliphatic carboxylic acids is 1. The van der Waals surface area contributed by atoms with Gasteiger partial charge in [-0.15, -0.1) is 0 Å². The third kappa shape index (κ3) is 5.94. The van der Waals surface area contributed by atoms with Crippen LogP contribution in [0.4, 0.5) is 4.79 Å². The Bertz CT molecular complexity index is 355. The molecule has 5 heteroatoms. The van der Waals surface area contributed by atoms with E-state index in [9.17, 15) is 9.59 Å². The zero-order valence-electron chi connectivity index (χ0n) is 13.8. The molecule has 1 aliphatic heterocycles. The first-order valence-electron chi connectivity index (χ1n) is 8.07. The van der Waals surface area contributed by atoms with Gasteiger partial charge in [-0.3, -0.25) is 4.79 Å². The molecule has 5 nitrogen and oxygen atoms in total. The van der Waals surface area contributed by atoms with Crippen LogP contribution in [0.3, 0.4) is 0 Å². The smallest absolute Gasteiger partial charge is 0.323 e. The third-order valence-electron chi connectivity index (χ3n) is 4.17. The molecular weight excluding hydrogens is 268 g/mol. The van der Waals surface area contributed by atoms with Crippen LogP contribution in [0.5, 0.6) is 0 Å². The zero-order chi connectivity index (χ0) is 16.0. The number of rotatable bonds is 5. The summed E-state index contributed by atoms with van der Waals surface area (Å²) in [6, 6.07) is -0.115. The van der Waals surface area contributed by atoms with Crippen LogP contribution < -0.4 is 0 Å². The lowest BCUT2D eigenvalue weighted by molar-refractivity contribution is -0.137. The van der Waals surface area contributed by atoms with E-state index in [1.807, 2.05) is 18.7 Å². The molecule has 1 fully saturated rings. The van der Waals surface area contributed by atoms with Crippen LogP contribution in [0.1, 0.15) is 47.0 Å². The molecule has 1 heterocycles. The number of likely N-dealkylation sites (tertiary alicyclic amines) is 1. The summed E-state index contributed by atoms with van der Waals surface area (Å²) in [5.41, 5.74) is 0. The largest absolute Gasteiger partial charge is 0.480 e. The Hall–Kier alpha value is -1.26. The van der Waals surface area contributed by atoms with Gasteiger partial charge in [-0.1, -0.05) is 27.7 Å². The van der Waals surface area contributed by atoms with Gasteiger partial charge in [-0.2, -0.15) is 0 Å². The molecule has 1 rings (SSSR count). The Morgan fingerprint density at radius 1 is 1.19 bits per heavy atom. The summed E-state index contributed by atoms with van der Waals surface area (Å²) in [5.74, 6) is 0.634. The zero-order valence-corrected chi connectivity index (χ0v) is 13.8. The second kappa shape index (κ2) is 8.25. The van der Waals surface area contributed by atoms with Gasteiger partial charge in [-0.05, 0) is 37.0 Å². The predicted molar refractivity (Wildman–Crippen MR) is 83.2 cm³/mol. The van der Waals surface area contributed by atoms with E-state index in [2.05, 4.69) is 13.8 Å². The van der Waals surface area contributed by atoms with Gasteiger partial charge in [-0.25, -0.2) is 4.79 Å². The van der Waals surface area contributed by atoms with E-state index in [1.54, 1.807) is 0 Å². The standard InChI is InChI=1S/C16H30N2O3/c1-12(2)10-18(11-15(19)20)16(21)17-8-5-6-14(7-9-17)13(3)4/h12-14H,5-11H2,1-4H3,(H,19,20). The summed E-state index contributed by atoms with van der Waals surface area (Å²) in [7, 11) is 0. The van der Waals surface area contributed by atoms with Gasteiger partial charge in [0.05, 0.1) is 0 Å². The number of carboxylic acids is 1. The van der Waals surface area contributed by atoms with Gasteiger partial charge >= 0.3 is 12.0 Å². The topological polar surface area (TPSA) is 60.9 Å². The number of carboxylic acid groups (broad SMARTS) is 1. The molecule has 0 aromatic heterocycles. The van der Waals surface area contributed by atoms with E-state index < -0.39 is 5.97 Å². The van der Waals surface area contributed by atoms with Gasteiger partial charge in [0.2, 0.25) is 0 Å². The van der Waals surface area contributed by atoms with Crippen molar-refractivity contribution in [2.75, 3.05) is 26.2 Å². The average Bonchev–Trinajstić information content (AvgIpc) is 2.61. The number of carbonyl (C=O) groups is 2. The van der Waals surface area contributed by atoms with Gasteiger partial charge in [0, 0.05) is 19.6 Å². The lowest BCUT2D eigenvalue weighted by Gasteiger charge is -2.30. The van der Waals surface area contributed by atoms with Crippen LogP contribution in [-0.4, -0.2) is 53.1 Å². The SMILES string of the molecule is CC(C)CN(CC(=O)O)C(=O)N1CCCC(C(C)C)CC1. The van der Waals surface area contributed by atoms with Crippen molar-refractivity contribution in [2.45, 2.75) is 47.0 Å². The first kappa shape index (κ1) is 17.8. The summed E-state index contributed by atoms with van der Waals surface area (Å²) in [6.07, 6.45) is 3.19. The number of amides is 2. The number of urea groups is 1. The minimum atomic E-state index is -0.945. The maximum atomic E-state index is 12.6. The third-order valence-corrected chi connectivity index (χ3v) is 4.17. The highest BCUT2D eigenvalue weighted by atomic mass is 16.4. The maximum Gasteiger partial charge on any atom is 0.323 e. The Kier molecular flexibility index (Phi) is 6.99. The lowest BCUT2D eigenvalue weighted by Crippen LogP contribution is -2.47. The number of nitrogens with zero attached hydrogens (tertiary/aromatic N) is 2. The molecule has 0 aliphatic carbocycles. The van der Waals surface area contributed by atoms with E-state index in [1.165, 1.54) is 4.90 Å². The second-order valence-corrected chi connectivity index (χ2v) is 6.87. The quantitative estimate of drug-likeness (QED) is 0.849. The van der Waals surface area contributed by atoms with Crippen molar-refractivity contribution in [3.63, 3.8) is 0 Å². The fourth-order valence-corrected chi connectivity index (χ4v) is 2.99. The highest BCUT2D eigenvalue weighted by Gasteiger charge is 2.27. The van der Waals surface area contributed by atoms with Crippen molar-refractivity contribution in [1.82, 2.24) is 9.80 Å². The van der Waals surface area contributed by atoms with Gasteiger partial charge in [0.1, 0.15) is 6.54 Å². The monoisotopic (exact) mass is 298 g/mol. The minimum absolute atomic E-state index is 0.115. The normalized spacial score (nSPS) is 19.7. The van der Waals surface area contributed by atoms with Crippen LogP contribution in [0.15, 0.2) is 0 Å². The Morgan fingerprint density at radius 2 is 1.86 bits per heavy atom. The number of hydrogen-bond donors (Lipinski definition) is 1. The second-order valence-electron chi connectivity index (χ2n) is 6.87. The molecule has 2 amide bonds. The molecule has 0 spiro atoms. The first-order chi connectivity index (χ1) is 9.81. The van der Waals surface area contributed by atoms with E-state index in [-0.39, 0.29) is 18.5 Å². The molecule has 122 valence electrons. The Morgan fingerprint density at radius 3 is 2.38 bits per heavy atom. The minimum Gasteiger partial charge on any atom is -0.480 e. The van der Waals surface area contributed by atoms with Crippen molar-refractivity contribution in [3.05, 3.63) is 0 Å². The summed E-state index contributed by atoms with van der Waals surface area (Å²) in [4.78, 5) is 26.9. The van der Waals surface area contributed by atoms with Crippen molar-refractivity contribution in [2.24, 2.45) is 17.8 Å². The predicted octanol–water partition coefficient (Wildman–Crippen LogP) is 2.91. The molecule has 0 aromatic carbocycles. The Balaban J connectivity index is 2.67. The molecule has 1 aliphatic rings. The molecular formula is C16H30N2O3. The maximum absolute atomic E-state index is 12.6. The van der Waals surface area contributed by atoms with Crippen LogP contribution >= 0.6 is 0 Å². The van der Waals surface area contributed by atoms with E-state index >= 15 is 0 Å². The van der Waals surface area contributed by atoms with E-state index in [0.717, 1.165) is 32.4 Å². The molecule has 0 aromatic rings. The average molecular weight is 298 g/mol. The summed E-state index contributed by atoms with van der Waals surface area (Å²) >= 11 is 0. The number of hydrogen-bond acceptors (Lipinski definition) is 2. The molecule has 0 saturated carbocycles. The molecule has 1 unspecified atom stereocenters. The highest BCUT2D eigenvalue weighted by molar-refractivity contribution is 5.80. The van der Waals surface area contributed by atoms with Crippen molar-refractivity contribution >= 4 is 12.0 Å². The molecule has 1 atom stereocenters. The van der Waals surface area contributed by atoms with Gasteiger partial charge in [0.25, 0.3) is 0 Å². The summed E-state index contributed by atoms with van der Waals surface area (Å²) in [5, 5.41) is 9.00. The molecule has 0 bridgehead atoms. The summed E-state index contributed by atoms with van der Waals surface area (Å²) in [6.45, 7) is 10.2. The van der Waals surface area contributed by atoms with E-state index in [0.29, 0.717) is 18.4 Å².